The fraction of sp³-hybridized carbons (Fsp3) is 0. The largest absolute Gasteiger partial charge is 0.336 e. The highest BCUT2D eigenvalue weighted by Crippen LogP contribution is 2.28. The van der Waals surface area contributed by atoms with E-state index in [1.807, 2.05) is 12.1 Å². The Hall–Kier alpha value is -2.94. The van der Waals surface area contributed by atoms with Crippen LogP contribution >= 0.6 is 34.8 Å². The van der Waals surface area contributed by atoms with Crippen molar-refractivity contribution < 1.29 is 4.63 Å². The Morgan fingerprint density at radius 1 is 0.893 bits per heavy atom. The number of para-hydroxylation sites is 1. The first-order valence-corrected chi connectivity index (χ1v) is 8.99. The number of nitrogens with zero attached hydrogens (tertiary/aromatic N) is 5. The van der Waals surface area contributed by atoms with Crippen molar-refractivity contribution in [1.82, 2.24) is 20.3 Å². The van der Waals surface area contributed by atoms with Crippen molar-refractivity contribution >= 4 is 69.6 Å². The molecule has 0 unspecified atom stereocenters. The second-order valence-corrected chi connectivity index (χ2v) is 6.72. The summed E-state index contributed by atoms with van der Waals surface area (Å²) in [5.74, 6) is 0.628. The smallest absolute Gasteiger partial charge is 0.245 e. The average molecular weight is 435 g/mol. The number of hydrazone groups is 1. The van der Waals surface area contributed by atoms with Gasteiger partial charge in [0.05, 0.1) is 16.9 Å². The predicted octanol–water partition coefficient (Wildman–Crippen LogP) is 5.16. The molecule has 0 saturated carbocycles. The summed E-state index contributed by atoms with van der Waals surface area (Å²) in [7, 11) is 0. The molecule has 0 aliphatic rings. The fourth-order valence-corrected chi connectivity index (χ4v) is 2.80. The van der Waals surface area contributed by atoms with Crippen molar-refractivity contribution in [3.63, 3.8) is 0 Å². The van der Waals surface area contributed by atoms with E-state index in [4.69, 9.17) is 34.8 Å². The van der Waals surface area contributed by atoms with E-state index in [-0.39, 0.29) is 17.1 Å². The summed E-state index contributed by atoms with van der Waals surface area (Å²) >= 11 is 18.3. The van der Waals surface area contributed by atoms with Crippen molar-refractivity contribution in [2.45, 2.75) is 0 Å². The van der Waals surface area contributed by atoms with Crippen LogP contribution in [0.1, 0.15) is 5.56 Å². The van der Waals surface area contributed by atoms with Crippen molar-refractivity contribution in [2.24, 2.45) is 5.10 Å². The molecular formula is C17H10Cl3N7O. The Morgan fingerprint density at radius 2 is 1.64 bits per heavy atom. The van der Waals surface area contributed by atoms with E-state index in [0.29, 0.717) is 32.1 Å². The van der Waals surface area contributed by atoms with E-state index in [9.17, 15) is 0 Å². The molecule has 0 amide bonds. The number of benzene rings is 2. The minimum atomic E-state index is 0.225. The van der Waals surface area contributed by atoms with Crippen molar-refractivity contribution in [3.05, 3.63) is 63.1 Å². The first-order chi connectivity index (χ1) is 13.6. The first kappa shape index (κ1) is 18.4. The first-order valence-electron chi connectivity index (χ1n) is 7.86. The molecular weight excluding hydrogens is 425 g/mol. The van der Waals surface area contributed by atoms with Crippen LogP contribution < -0.4 is 10.7 Å². The molecule has 140 valence electrons. The minimum absolute atomic E-state index is 0.225. The Balaban J connectivity index is 1.66. The summed E-state index contributed by atoms with van der Waals surface area (Å²) in [6, 6.07) is 12.3. The average Bonchev–Trinajstić information content (AvgIpc) is 3.13. The zero-order chi connectivity index (χ0) is 19.5. The topological polar surface area (TPSA) is 101 Å². The van der Waals surface area contributed by atoms with Crippen molar-refractivity contribution in [3.8, 4) is 0 Å². The molecule has 0 atom stereocenters. The van der Waals surface area contributed by atoms with Gasteiger partial charge in [-0.05, 0) is 40.6 Å². The lowest BCUT2D eigenvalue weighted by Gasteiger charge is -2.10. The van der Waals surface area contributed by atoms with E-state index in [0.717, 1.165) is 0 Å². The number of fused-ring (bicyclic) bond motifs is 1. The van der Waals surface area contributed by atoms with Gasteiger partial charge in [0.2, 0.25) is 11.3 Å². The maximum absolute atomic E-state index is 6.21. The molecule has 0 spiro atoms. The van der Waals surface area contributed by atoms with Crippen LogP contribution in [-0.2, 0) is 0 Å². The van der Waals surface area contributed by atoms with Gasteiger partial charge >= 0.3 is 0 Å². The second kappa shape index (κ2) is 7.97. The second-order valence-electron chi connectivity index (χ2n) is 5.47. The zero-order valence-corrected chi connectivity index (χ0v) is 16.2. The Kier molecular flexibility index (Phi) is 5.25. The van der Waals surface area contributed by atoms with Crippen molar-refractivity contribution in [1.29, 1.82) is 0 Å². The zero-order valence-electron chi connectivity index (χ0n) is 13.9. The van der Waals surface area contributed by atoms with Crippen LogP contribution in [0.4, 0.5) is 17.3 Å². The molecule has 0 aliphatic carbocycles. The summed E-state index contributed by atoms with van der Waals surface area (Å²) in [5, 5.41) is 16.2. The molecule has 4 rings (SSSR count). The molecule has 28 heavy (non-hydrogen) atoms. The van der Waals surface area contributed by atoms with Gasteiger partial charge in [-0.25, -0.2) is 9.61 Å². The van der Waals surface area contributed by atoms with Crippen molar-refractivity contribution in [2.75, 3.05) is 10.7 Å². The van der Waals surface area contributed by atoms with Crippen LogP contribution in [-0.4, -0.2) is 26.5 Å². The summed E-state index contributed by atoms with van der Waals surface area (Å²) in [5.41, 5.74) is 4.55. The third-order valence-corrected chi connectivity index (χ3v) is 4.48. The van der Waals surface area contributed by atoms with Gasteiger partial charge in [-0.3, -0.25) is 5.43 Å². The highest BCUT2D eigenvalue weighted by molar-refractivity contribution is 6.35. The SMILES string of the molecule is Clc1ccc(Cl)c(C=NNc2nc3nonc3nc2Nc2ccccc2Cl)c1. The van der Waals surface area contributed by atoms with Gasteiger partial charge < -0.3 is 5.32 Å². The summed E-state index contributed by atoms with van der Waals surface area (Å²) in [4.78, 5) is 8.66. The molecule has 2 N–H and O–H groups in total. The number of anilines is 3. The molecule has 0 bridgehead atoms. The lowest BCUT2D eigenvalue weighted by molar-refractivity contribution is 0.314. The number of hydrogen-bond acceptors (Lipinski definition) is 8. The Morgan fingerprint density at radius 3 is 2.43 bits per heavy atom. The Labute approximate surface area is 173 Å². The van der Waals surface area contributed by atoms with Gasteiger partial charge in [-0.1, -0.05) is 46.9 Å². The van der Waals surface area contributed by atoms with Gasteiger partial charge in [-0.15, -0.1) is 0 Å². The van der Waals surface area contributed by atoms with E-state index in [2.05, 4.69) is 40.8 Å². The van der Waals surface area contributed by atoms with Gasteiger partial charge in [0.25, 0.3) is 0 Å². The third-order valence-electron chi connectivity index (χ3n) is 3.57. The van der Waals surface area contributed by atoms with E-state index < -0.39 is 0 Å². The molecule has 8 nitrogen and oxygen atoms in total. The van der Waals surface area contributed by atoms with Gasteiger partial charge in [-0.2, -0.15) is 10.1 Å². The van der Waals surface area contributed by atoms with E-state index in [1.54, 1.807) is 30.3 Å². The van der Waals surface area contributed by atoms with Gasteiger partial charge in [0, 0.05) is 15.6 Å². The lowest BCUT2D eigenvalue weighted by atomic mass is 10.2. The van der Waals surface area contributed by atoms with E-state index in [1.165, 1.54) is 6.21 Å². The number of hydrogen-bond donors (Lipinski definition) is 2. The number of nitrogens with one attached hydrogen (secondary N) is 2. The number of aromatic nitrogens is 4. The van der Waals surface area contributed by atoms with Gasteiger partial charge in [0.15, 0.2) is 11.6 Å². The fourth-order valence-electron chi connectivity index (χ4n) is 2.27. The monoisotopic (exact) mass is 433 g/mol. The highest BCUT2D eigenvalue weighted by Gasteiger charge is 2.13. The number of halogens is 3. The lowest BCUT2D eigenvalue weighted by Crippen LogP contribution is -2.03. The normalized spacial score (nSPS) is 11.2. The van der Waals surface area contributed by atoms with Gasteiger partial charge in [0.1, 0.15) is 0 Å². The molecule has 2 aromatic heterocycles. The molecule has 4 aromatic rings. The molecule has 2 aromatic carbocycles. The number of rotatable bonds is 5. The highest BCUT2D eigenvalue weighted by atomic mass is 35.5. The van der Waals surface area contributed by atoms with Crippen LogP contribution in [0, 0.1) is 0 Å². The van der Waals surface area contributed by atoms with E-state index >= 15 is 0 Å². The maximum atomic E-state index is 6.21. The molecule has 0 radical (unpaired) electrons. The summed E-state index contributed by atoms with van der Waals surface area (Å²) in [6.07, 6.45) is 1.51. The summed E-state index contributed by atoms with van der Waals surface area (Å²) in [6.45, 7) is 0. The predicted molar refractivity (Wildman–Crippen MR) is 110 cm³/mol. The van der Waals surface area contributed by atoms with Crippen LogP contribution in [0.3, 0.4) is 0 Å². The summed E-state index contributed by atoms with van der Waals surface area (Å²) < 4.78 is 4.67. The third kappa shape index (κ3) is 3.99. The Bertz CT molecular complexity index is 1180. The van der Waals surface area contributed by atoms with Crippen LogP contribution in [0.15, 0.2) is 52.2 Å². The molecule has 0 aliphatic heterocycles. The molecule has 0 fully saturated rings. The molecule has 11 heteroatoms. The van der Waals surface area contributed by atoms with Crippen LogP contribution in [0.5, 0.6) is 0 Å². The van der Waals surface area contributed by atoms with Crippen LogP contribution in [0.25, 0.3) is 11.3 Å². The minimum Gasteiger partial charge on any atom is -0.336 e. The molecule has 2 heterocycles. The standard InChI is InChI=1S/C17H10Cl3N7O/c18-10-5-6-11(19)9(7-10)8-21-25-15-14(22-13-4-2-1-3-12(13)20)23-16-17(24-15)27-28-26-16/h1-8H,(H,22,23,26)(H,24,25,27). The van der Waals surface area contributed by atoms with Crippen LogP contribution in [0.2, 0.25) is 15.1 Å². The maximum Gasteiger partial charge on any atom is 0.245 e. The quantitative estimate of drug-likeness (QED) is 0.330. The molecule has 0 saturated heterocycles.